The zero-order valence-electron chi connectivity index (χ0n) is 18.4. The number of nitrogens with one attached hydrogen (secondary N) is 1. The van der Waals surface area contributed by atoms with Crippen molar-refractivity contribution in [2.75, 3.05) is 18.8 Å². The number of rotatable bonds is 9. The van der Waals surface area contributed by atoms with E-state index in [2.05, 4.69) is 9.71 Å². The predicted octanol–water partition coefficient (Wildman–Crippen LogP) is 5.42. The van der Waals surface area contributed by atoms with E-state index in [-0.39, 0.29) is 33.4 Å². The highest BCUT2D eigenvalue weighted by Gasteiger charge is 2.44. The zero-order chi connectivity index (χ0) is 23.4. The van der Waals surface area contributed by atoms with E-state index in [0.717, 1.165) is 18.0 Å². The van der Waals surface area contributed by atoms with Crippen LogP contribution in [-0.2, 0) is 22.3 Å². The van der Waals surface area contributed by atoms with Crippen molar-refractivity contribution in [1.29, 1.82) is 0 Å². The number of amidine groups is 1. The highest BCUT2D eigenvalue weighted by molar-refractivity contribution is 8.93. The summed E-state index contributed by atoms with van der Waals surface area (Å²) in [5.41, 5.74) is -0.255. The SMILES string of the molecule is Br.CCCN=C1SCC(O)(c2ccc(Cl)c(S(=O)(=O)NCc3ccccc3Cl)c2)N1CCC. The Morgan fingerprint density at radius 3 is 2.55 bits per heavy atom. The van der Waals surface area contributed by atoms with Gasteiger partial charge in [-0.1, -0.05) is 73.1 Å². The summed E-state index contributed by atoms with van der Waals surface area (Å²) in [6.07, 6.45) is 1.72. The van der Waals surface area contributed by atoms with Crippen LogP contribution in [0.3, 0.4) is 0 Å². The molecular weight excluding hydrogens is 569 g/mol. The molecule has 0 bridgehead atoms. The first-order chi connectivity index (χ1) is 15.2. The fourth-order valence-electron chi connectivity index (χ4n) is 3.41. The largest absolute Gasteiger partial charge is 0.366 e. The molecule has 0 amide bonds. The van der Waals surface area contributed by atoms with Gasteiger partial charge < -0.3 is 10.0 Å². The van der Waals surface area contributed by atoms with Crippen LogP contribution >= 0.6 is 51.9 Å². The molecule has 2 aromatic rings. The number of thioether (sulfide) groups is 1. The fraction of sp³-hybridized carbons (Fsp3) is 0.409. The Kier molecular flexibility index (Phi) is 10.5. The third kappa shape index (κ3) is 6.45. The smallest absolute Gasteiger partial charge is 0.242 e. The lowest BCUT2D eigenvalue weighted by molar-refractivity contribution is -0.0479. The maximum absolute atomic E-state index is 13.1. The topological polar surface area (TPSA) is 82.0 Å². The van der Waals surface area contributed by atoms with Crippen LogP contribution in [-0.4, -0.2) is 42.4 Å². The van der Waals surface area contributed by atoms with Gasteiger partial charge in [0.2, 0.25) is 10.0 Å². The molecule has 0 aromatic heterocycles. The molecule has 0 spiro atoms. The Balaban J connectivity index is 0.00000385. The van der Waals surface area contributed by atoms with Crippen molar-refractivity contribution >= 4 is 67.1 Å². The van der Waals surface area contributed by atoms with E-state index in [0.29, 0.717) is 35.0 Å². The Labute approximate surface area is 220 Å². The maximum atomic E-state index is 13.1. The van der Waals surface area contributed by atoms with E-state index < -0.39 is 15.7 Å². The van der Waals surface area contributed by atoms with Crippen molar-refractivity contribution in [3.63, 3.8) is 0 Å². The molecule has 182 valence electrons. The Morgan fingerprint density at radius 2 is 1.88 bits per heavy atom. The number of halogens is 3. The lowest BCUT2D eigenvalue weighted by Crippen LogP contribution is -2.45. The highest BCUT2D eigenvalue weighted by Crippen LogP contribution is 2.40. The van der Waals surface area contributed by atoms with Crippen molar-refractivity contribution in [2.45, 2.75) is 43.9 Å². The average Bonchev–Trinajstić information content (AvgIpc) is 3.08. The highest BCUT2D eigenvalue weighted by atomic mass is 79.9. The molecule has 33 heavy (non-hydrogen) atoms. The average molecular weight is 597 g/mol. The second kappa shape index (κ2) is 12.2. The number of aliphatic hydroxyl groups is 1. The van der Waals surface area contributed by atoms with Crippen LogP contribution < -0.4 is 4.72 Å². The van der Waals surface area contributed by atoms with Gasteiger partial charge in [0.15, 0.2) is 10.9 Å². The van der Waals surface area contributed by atoms with E-state index in [1.807, 2.05) is 18.7 Å². The van der Waals surface area contributed by atoms with Gasteiger partial charge >= 0.3 is 0 Å². The van der Waals surface area contributed by atoms with Crippen LogP contribution in [0.4, 0.5) is 0 Å². The fourth-order valence-corrected chi connectivity index (χ4v) is 6.38. The first-order valence-corrected chi connectivity index (χ1v) is 13.7. The summed E-state index contributed by atoms with van der Waals surface area (Å²) >= 11 is 13.9. The summed E-state index contributed by atoms with van der Waals surface area (Å²) in [4.78, 5) is 6.36. The van der Waals surface area contributed by atoms with Gasteiger partial charge in [0, 0.05) is 30.2 Å². The Morgan fingerprint density at radius 1 is 1.15 bits per heavy atom. The molecule has 2 aromatic carbocycles. The van der Waals surface area contributed by atoms with Gasteiger partial charge in [0.05, 0.1) is 10.8 Å². The normalized spacial score (nSPS) is 19.7. The molecule has 1 atom stereocenters. The monoisotopic (exact) mass is 595 g/mol. The van der Waals surface area contributed by atoms with Gasteiger partial charge in [0.1, 0.15) is 4.90 Å². The zero-order valence-corrected chi connectivity index (χ0v) is 23.3. The van der Waals surface area contributed by atoms with Crippen LogP contribution in [0.5, 0.6) is 0 Å². The Bertz CT molecular complexity index is 1100. The minimum atomic E-state index is -3.95. The van der Waals surface area contributed by atoms with Gasteiger partial charge in [-0.15, -0.1) is 17.0 Å². The number of aliphatic imine (C=N–C) groups is 1. The number of hydrogen-bond donors (Lipinski definition) is 2. The Hall–Kier alpha value is -0.810. The lowest BCUT2D eigenvalue weighted by Gasteiger charge is -2.34. The van der Waals surface area contributed by atoms with Crippen molar-refractivity contribution in [1.82, 2.24) is 9.62 Å². The van der Waals surface area contributed by atoms with Crippen LogP contribution in [0, 0.1) is 0 Å². The van der Waals surface area contributed by atoms with E-state index in [4.69, 9.17) is 23.2 Å². The van der Waals surface area contributed by atoms with Gasteiger partial charge in [-0.2, -0.15) is 0 Å². The third-order valence-corrected chi connectivity index (χ3v) is 8.50. The standard InChI is InChI=1S/C22H27Cl2N3O3S2.BrH/c1-3-11-25-21-27(12-4-2)22(28,15-31-21)17-9-10-19(24)20(13-17)32(29,30)26-14-16-7-5-6-8-18(16)23;/h5-10,13,26,28H,3-4,11-12,14-15H2,1-2H3;1H. The molecule has 0 saturated carbocycles. The molecule has 0 radical (unpaired) electrons. The lowest BCUT2D eigenvalue weighted by atomic mass is 10.0. The summed E-state index contributed by atoms with van der Waals surface area (Å²) in [7, 11) is -3.95. The van der Waals surface area contributed by atoms with Crippen molar-refractivity contribution in [3.05, 3.63) is 63.6 Å². The molecule has 1 saturated heterocycles. The van der Waals surface area contributed by atoms with Crippen molar-refractivity contribution in [2.24, 2.45) is 4.99 Å². The molecule has 1 fully saturated rings. The third-order valence-electron chi connectivity index (χ3n) is 5.09. The predicted molar refractivity (Wildman–Crippen MR) is 143 cm³/mol. The number of nitrogens with zero attached hydrogens (tertiary/aromatic N) is 2. The van der Waals surface area contributed by atoms with E-state index >= 15 is 0 Å². The molecule has 6 nitrogen and oxygen atoms in total. The second-order valence-electron chi connectivity index (χ2n) is 7.48. The van der Waals surface area contributed by atoms with Crippen LogP contribution in [0.15, 0.2) is 52.4 Å². The van der Waals surface area contributed by atoms with Crippen molar-refractivity contribution in [3.8, 4) is 0 Å². The molecule has 1 aliphatic heterocycles. The molecular formula is C22H28BrCl2N3O3S2. The molecule has 1 heterocycles. The maximum Gasteiger partial charge on any atom is 0.242 e. The van der Waals surface area contributed by atoms with E-state index in [1.165, 1.54) is 23.9 Å². The number of sulfonamides is 1. The second-order valence-corrected chi connectivity index (χ2v) is 11.0. The molecule has 1 unspecified atom stereocenters. The van der Waals surface area contributed by atoms with Crippen molar-refractivity contribution < 1.29 is 13.5 Å². The molecule has 1 aliphatic rings. The van der Waals surface area contributed by atoms with Crippen LogP contribution in [0.25, 0.3) is 0 Å². The van der Waals surface area contributed by atoms with Gasteiger partial charge in [-0.25, -0.2) is 13.1 Å². The minimum absolute atomic E-state index is 0. The number of benzene rings is 2. The first-order valence-electron chi connectivity index (χ1n) is 10.4. The summed E-state index contributed by atoms with van der Waals surface area (Å²) in [5.74, 6) is 0.351. The summed E-state index contributed by atoms with van der Waals surface area (Å²) < 4.78 is 28.7. The quantitative estimate of drug-likeness (QED) is 0.404. The summed E-state index contributed by atoms with van der Waals surface area (Å²) in [5, 5.41) is 12.9. The first kappa shape index (κ1) is 28.4. The minimum Gasteiger partial charge on any atom is -0.366 e. The molecule has 2 N–H and O–H groups in total. The molecule has 11 heteroatoms. The van der Waals surface area contributed by atoms with E-state index in [9.17, 15) is 13.5 Å². The number of hydrogen-bond acceptors (Lipinski definition) is 5. The van der Waals surface area contributed by atoms with Gasteiger partial charge in [0.25, 0.3) is 0 Å². The van der Waals surface area contributed by atoms with E-state index in [1.54, 1.807) is 30.3 Å². The molecule has 3 rings (SSSR count). The van der Waals surface area contributed by atoms with Crippen LogP contribution in [0.2, 0.25) is 10.0 Å². The summed E-state index contributed by atoms with van der Waals surface area (Å²) in [6.45, 7) is 5.37. The van der Waals surface area contributed by atoms with Gasteiger partial charge in [-0.05, 0) is 36.6 Å². The summed E-state index contributed by atoms with van der Waals surface area (Å²) in [6, 6.07) is 11.6. The van der Waals surface area contributed by atoms with Crippen LogP contribution in [0.1, 0.15) is 37.8 Å². The van der Waals surface area contributed by atoms with Gasteiger partial charge in [-0.3, -0.25) is 4.99 Å². The molecule has 0 aliphatic carbocycles.